The van der Waals surface area contributed by atoms with E-state index in [0.29, 0.717) is 6.54 Å². The summed E-state index contributed by atoms with van der Waals surface area (Å²) in [5.74, 6) is 0. The SMILES string of the molecule is C=CCn1nc2ccc(I)cc2n1. The van der Waals surface area contributed by atoms with Gasteiger partial charge in [0.05, 0.1) is 6.54 Å². The largest absolute Gasteiger partial charge is 0.180 e. The maximum Gasteiger partial charge on any atom is 0.114 e. The molecular formula is C9H8IN3. The van der Waals surface area contributed by atoms with Crippen LogP contribution in [0.3, 0.4) is 0 Å². The van der Waals surface area contributed by atoms with Gasteiger partial charge in [0.2, 0.25) is 0 Å². The van der Waals surface area contributed by atoms with E-state index in [1.54, 1.807) is 10.9 Å². The Labute approximate surface area is 89.6 Å². The van der Waals surface area contributed by atoms with Crippen molar-refractivity contribution in [3.63, 3.8) is 0 Å². The molecule has 0 radical (unpaired) electrons. The zero-order valence-electron chi connectivity index (χ0n) is 6.94. The molecule has 0 saturated heterocycles. The first-order valence-corrected chi connectivity index (χ1v) is 4.99. The molecule has 0 aliphatic rings. The molecule has 1 heterocycles. The van der Waals surface area contributed by atoms with Gasteiger partial charge in [-0.1, -0.05) is 6.08 Å². The average molecular weight is 285 g/mol. The molecule has 0 bridgehead atoms. The third kappa shape index (κ3) is 1.72. The molecule has 2 aromatic rings. The Hall–Kier alpha value is -0.910. The molecule has 0 amide bonds. The van der Waals surface area contributed by atoms with Crippen LogP contribution in [0.15, 0.2) is 30.9 Å². The highest BCUT2D eigenvalue weighted by atomic mass is 127. The summed E-state index contributed by atoms with van der Waals surface area (Å²) in [5, 5.41) is 8.57. The van der Waals surface area contributed by atoms with Crippen LogP contribution in [0.1, 0.15) is 0 Å². The predicted octanol–water partition coefficient (Wildman–Crippen LogP) is 2.22. The van der Waals surface area contributed by atoms with Crippen LogP contribution in [0.4, 0.5) is 0 Å². The molecule has 1 aromatic carbocycles. The van der Waals surface area contributed by atoms with E-state index in [1.165, 1.54) is 3.57 Å². The first kappa shape index (κ1) is 8.68. The number of hydrogen-bond donors (Lipinski definition) is 0. The molecule has 0 N–H and O–H groups in total. The van der Waals surface area contributed by atoms with E-state index < -0.39 is 0 Å². The van der Waals surface area contributed by atoms with Gasteiger partial charge in [-0.25, -0.2) is 0 Å². The first-order valence-electron chi connectivity index (χ1n) is 3.91. The number of nitrogens with zero attached hydrogens (tertiary/aromatic N) is 3. The summed E-state index contributed by atoms with van der Waals surface area (Å²) in [7, 11) is 0. The van der Waals surface area contributed by atoms with Gasteiger partial charge < -0.3 is 0 Å². The normalized spacial score (nSPS) is 10.5. The number of fused-ring (bicyclic) bond motifs is 1. The summed E-state index contributed by atoms with van der Waals surface area (Å²) < 4.78 is 1.18. The maximum absolute atomic E-state index is 4.29. The molecule has 0 saturated carbocycles. The number of aromatic nitrogens is 3. The number of hydrogen-bond acceptors (Lipinski definition) is 2. The standard InChI is InChI=1S/C9H8IN3/c1-2-5-13-11-8-4-3-7(10)6-9(8)12-13/h2-4,6H,1,5H2. The minimum Gasteiger partial charge on any atom is -0.180 e. The molecule has 0 aliphatic carbocycles. The second-order valence-corrected chi connectivity index (χ2v) is 3.92. The lowest BCUT2D eigenvalue weighted by Crippen LogP contribution is -1.98. The molecule has 2 rings (SSSR count). The molecule has 0 unspecified atom stereocenters. The summed E-state index contributed by atoms with van der Waals surface area (Å²) in [4.78, 5) is 1.65. The Morgan fingerprint density at radius 2 is 2.15 bits per heavy atom. The Kier molecular flexibility index (Phi) is 2.30. The molecule has 0 spiro atoms. The Morgan fingerprint density at radius 3 is 2.92 bits per heavy atom. The fourth-order valence-electron chi connectivity index (χ4n) is 1.13. The molecule has 66 valence electrons. The predicted molar refractivity (Wildman–Crippen MR) is 60.4 cm³/mol. The van der Waals surface area contributed by atoms with Crippen molar-refractivity contribution in [1.29, 1.82) is 0 Å². The van der Waals surface area contributed by atoms with E-state index in [9.17, 15) is 0 Å². The van der Waals surface area contributed by atoms with Gasteiger partial charge in [-0.2, -0.15) is 15.0 Å². The molecule has 13 heavy (non-hydrogen) atoms. The molecule has 3 nitrogen and oxygen atoms in total. The van der Waals surface area contributed by atoms with Gasteiger partial charge in [-0.3, -0.25) is 0 Å². The highest BCUT2D eigenvalue weighted by Gasteiger charge is 2.00. The smallest absolute Gasteiger partial charge is 0.114 e. The van der Waals surface area contributed by atoms with E-state index in [-0.39, 0.29) is 0 Å². The maximum atomic E-state index is 4.29. The Morgan fingerprint density at radius 1 is 1.38 bits per heavy atom. The van der Waals surface area contributed by atoms with Crippen LogP contribution < -0.4 is 0 Å². The number of halogens is 1. The average Bonchev–Trinajstić information content (AvgIpc) is 2.46. The first-order chi connectivity index (χ1) is 6.29. The van der Waals surface area contributed by atoms with Crippen LogP contribution >= 0.6 is 22.6 Å². The molecule has 1 aromatic heterocycles. The van der Waals surface area contributed by atoms with E-state index in [1.807, 2.05) is 18.2 Å². The van der Waals surface area contributed by atoms with Crippen LogP contribution in [0.25, 0.3) is 11.0 Å². The lowest BCUT2D eigenvalue weighted by atomic mass is 10.3. The molecular weight excluding hydrogens is 277 g/mol. The molecule has 0 fully saturated rings. The van der Waals surface area contributed by atoms with Crippen molar-refractivity contribution in [2.45, 2.75) is 6.54 Å². The van der Waals surface area contributed by atoms with Crippen molar-refractivity contribution in [3.8, 4) is 0 Å². The van der Waals surface area contributed by atoms with Crippen LogP contribution in [0, 0.1) is 3.57 Å². The van der Waals surface area contributed by atoms with Crippen molar-refractivity contribution in [1.82, 2.24) is 15.0 Å². The van der Waals surface area contributed by atoms with Crippen molar-refractivity contribution in [2.75, 3.05) is 0 Å². The van der Waals surface area contributed by atoms with E-state index in [4.69, 9.17) is 0 Å². The van der Waals surface area contributed by atoms with Gasteiger partial charge >= 0.3 is 0 Å². The second-order valence-electron chi connectivity index (χ2n) is 2.68. The minimum atomic E-state index is 0.658. The summed E-state index contributed by atoms with van der Waals surface area (Å²) in [6.45, 7) is 4.30. The fourth-order valence-corrected chi connectivity index (χ4v) is 1.60. The zero-order chi connectivity index (χ0) is 9.26. The van der Waals surface area contributed by atoms with Gasteiger partial charge in [0.1, 0.15) is 11.0 Å². The topological polar surface area (TPSA) is 30.7 Å². The summed E-state index contributed by atoms with van der Waals surface area (Å²) in [6, 6.07) is 6.02. The summed E-state index contributed by atoms with van der Waals surface area (Å²) in [5.41, 5.74) is 1.87. The Balaban J connectivity index is 2.55. The minimum absolute atomic E-state index is 0.658. The number of rotatable bonds is 2. The quantitative estimate of drug-likeness (QED) is 0.625. The second kappa shape index (κ2) is 3.45. The van der Waals surface area contributed by atoms with Crippen LogP contribution in [0.5, 0.6) is 0 Å². The van der Waals surface area contributed by atoms with Gasteiger partial charge in [0, 0.05) is 3.57 Å². The van der Waals surface area contributed by atoms with Crippen LogP contribution in [0.2, 0.25) is 0 Å². The number of allylic oxidation sites excluding steroid dienone is 1. The molecule has 4 heteroatoms. The van der Waals surface area contributed by atoms with Gasteiger partial charge in [0.25, 0.3) is 0 Å². The third-order valence-corrected chi connectivity index (χ3v) is 2.35. The summed E-state index contributed by atoms with van der Waals surface area (Å²) in [6.07, 6.45) is 1.78. The third-order valence-electron chi connectivity index (χ3n) is 1.68. The van der Waals surface area contributed by atoms with Crippen molar-refractivity contribution in [3.05, 3.63) is 34.4 Å². The number of benzene rings is 1. The lowest BCUT2D eigenvalue weighted by Gasteiger charge is -1.87. The van der Waals surface area contributed by atoms with E-state index in [0.717, 1.165) is 11.0 Å². The van der Waals surface area contributed by atoms with Crippen molar-refractivity contribution >= 4 is 33.6 Å². The monoisotopic (exact) mass is 285 g/mol. The van der Waals surface area contributed by atoms with Crippen LogP contribution in [-0.4, -0.2) is 15.0 Å². The fraction of sp³-hybridized carbons (Fsp3) is 0.111. The zero-order valence-corrected chi connectivity index (χ0v) is 9.10. The molecule has 0 aliphatic heterocycles. The lowest BCUT2D eigenvalue weighted by molar-refractivity contribution is 0.612. The van der Waals surface area contributed by atoms with Crippen LogP contribution in [-0.2, 0) is 6.54 Å². The van der Waals surface area contributed by atoms with Gasteiger partial charge in [0.15, 0.2) is 0 Å². The Bertz CT molecular complexity index is 447. The van der Waals surface area contributed by atoms with E-state index in [2.05, 4.69) is 39.4 Å². The highest BCUT2D eigenvalue weighted by molar-refractivity contribution is 14.1. The van der Waals surface area contributed by atoms with Crippen molar-refractivity contribution < 1.29 is 0 Å². The summed E-state index contributed by atoms with van der Waals surface area (Å²) >= 11 is 2.26. The van der Waals surface area contributed by atoms with E-state index >= 15 is 0 Å². The van der Waals surface area contributed by atoms with Gasteiger partial charge in [-0.05, 0) is 40.8 Å². The highest BCUT2D eigenvalue weighted by Crippen LogP contribution is 2.12. The van der Waals surface area contributed by atoms with Gasteiger partial charge in [-0.15, -0.1) is 6.58 Å². The van der Waals surface area contributed by atoms with Crippen molar-refractivity contribution in [2.24, 2.45) is 0 Å². The molecule has 0 atom stereocenters.